The lowest BCUT2D eigenvalue weighted by Crippen LogP contribution is -2.38. The minimum absolute atomic E-state index is 0.0421. The lowest BCUT2D eigenvalue weighted by atomic mass is 9.77. The van der Waals surface area contributed by atoms with E-state index in [0.29, 0.717) is 17.0 Å². The summed E-state index contributed by atoms with van der Waals surface area (Å²) >= 11 is 0. The Bertz CT molecular complexity index is 1970. The molecule has 51 heavy (non-hydrogen) atoms. The SMILES string of the molecule is COC1[C@@H](COP(C)(=O)OCc2ccccc2)O[C@@H](n2cnc3c(NC(c4ccccc4)(c4ccccc4)c4ccccc4)ncnc32)[C@H]1OC. The third-order valence-electron chi connectivity index (χ3n) is 9.17. The minimum atomic E-state index is -3.42. The van der Waals surface area contributed by atoms with Gasteiger partial charge in [-0.2, -0.15) is 0 Å². The summed E-state index contributed by atoms with van der Waals surface area (Å²) in [6.45, 7) is 1.57. The lowest BCUT2D eigenvalue weighted by molar-refractivity contribution is -0.0569. The Morgan fingerprint density at radius 3 is 1.84 bits per heavy atom. The molecule has 5 atom stereocenters. The molecule has 262 valence electrons. The fourth-order valence-corrected chi connectivity index (χ4v) is 7.58. The molecule has 12 heteroatoms. The van der Waals surface area contributed by atoms with Crippen molar-refractivity contribution in [1.82, 2.24) is 19.5 Å². The van der Waals surface area contributed by atoms with Crippen LogP contribution in [0.5, 0.6) is 0 Å². The van der Waals surface area contributed by atoms with Gasteiger partial charge in [-0.3, -0.25) is 9.13 Å². The molecule has 6 aromatic rings. The molecule has 4 aromatic carbocycles. The van der Waals surface area contributed by atoms with Crippen molar-refractivity contribution in [1.29, 1.82) is 0 Å². The first-order chi connectivity index (χ1) is 24.9. The second-order valence-corrected chi connectivity index (χ2v) is 14.4. The highest BCUT2D eigenvalue weighted by Crippen LogP contribution is 2.46. The molecule has 0 spiro atoms. The molecule has 0 aliphatic carbocycles. The van der Waals surface area contributed by atoms with Gasteiger partial charge in [-0.15, -0.1) is 0 Å². The molecule has 3 heterocycles. The molecule has 2 unspecified atom stereocenters. The summed E-state index contributed by atoms with van der Waals surface area (Å²) < 4.78 is 44.8. The van der Waals surface area contributed by atoms with Crippen LogP contribution >= 0.6 is 7.60 Å². The highest BCUT2D eigenvalue weighted by molar-refractivity contribution is 7.52. The van der Waals surface area contributed by atoms with Crippen molar-refractivity contribution in [3.05, 3.63) is 156 Å². The van der Waals surface area contributed by atoms with Gasteiger partial charge in [-0.05, 0) is 22.3 Å². The number of benzene rings is 4. The predicted molar refractivity (Wildman–Crippen MR) is 194 cm³/mol. The molecule has 1 aliphatic heterocycles. The summed E-state index contributed by atoms with van der Waals surface area (Å²) in [4.78, 5) is 14.2. The number of rotatable bonds is 14. The second kappa shape index (κ2) is 15.2. The molecule has 0 amide bonds. The van der Waals surface area contributed by atoms with Crippen LogP contribution in [0.2, 0.25) is 0 Å². The Labute approximate surface area is 297 Å². The van der Waals surface area contributed by atoms with Gasteiger partial charge in [-0.1, -0.05) is 121 Å². The van der Waals surface area contributed by atoms with Crippen LogP contribution in [-0.4, -0.2) is 65.3 Å². The number of nitrogens with zero attached hydrogens (tertiary/aromatic N) is 4. The first kappa shape index (κ1) is 34.7. The smallest absolute Gasteiger partial charge is 0.328 e. The Kier molecular flexibility index (Phi) is 10.4. The fourth-order valence-electron chi connectivity index (χ4n) is 6.70. The quantitative estimate of drug-likeness (QED) is 0.0920. The number of imidazole rings is 1. The monoisotopic (exact) mass is 705 g/mol. The number of hydrogen-bond acceptors (Lipinski definition) is 10. The summed E-state index contributed by atoms with van der Waals surface area (Å²) in [5, 5.41) is 3.81. The van der Waals surface area contributed by atoms with Gasteiger partial charge in [0.1, 0.15) is 30.2 Å². The Hall–Kier alpha value is -4.74. The van der Waals surface area contributed by atoms with E-state index < -0.39 is 37.7 Å². The molecule has 11 nitrogen and oxygen atoms in total. The summed E-state index contributed by atoms with van der Waals surface area (Å²) in [5.41, 5.74) is 4.23. The standard InChI is InChI=1S/C39H40N5O6P/c1-46-34-32(25-49-51(3,45)48-24-28-16-8-4-9-17-28)50-38(35(34)47-2)44-27-42-33-36(40-26-41-37(33)44)43-39(29-18-10-5-11-19-29,30-20-12-6-13-21-30)31-22-14-7-15-23-31/h4-23,26-27,32,34-35,38H,24-25H2,1-3H3,(H,40,41,43)/t32-,34?,35+,38-,51?/m1/s1. The zero-order valence-electron chi connectivity index (χ0n) is 28.6. The molecule has 1 fully saturated rings. The third kappa shape index (κ3) is 7.10. The molecule has 2 aromatic heterocycles. The van der Waals surface area contributed by atoms with Crippen LogP contribution in [0.25, 0.3) is 11.2 Å². The number of fused-ring (bicyclic) bond motifs is 1. The van der Waals surface area contributed by atoms with E-state index in [1.54, 1.807) is 20.5 Å². The van der Waals surface area contributed by atoms with Crippen molar-refractivity contribution >= 4 is 24.6 Å². The van der Waals surface area contributed by atoms with Crippen LogP contribution in [0.3, 0.4) is 0 Å². The summed E-state index contributed by atoms with van der Waals surface area (Å²) in [6, 6.07) is 40.4. The largest absolute Gasteiger partial charge is 0.376 e. The zero-order valence-corrected chi connectivity index (χ0v) is 29.5. The highest BCUT2D eigenvalue weighted by atomic mass is 31.2. The average molecular weight is 706 g/mol. The number of methoxy groups -OCH3 is 2. The van der Waals surface area contributed by atoms with Gasteiger partial charge in [0.15, 0.2) is 23.2 Å². The molecule has 1 aliphatic rings. The number of ether oxygens (including phenoxy) is 3. The number of aromatic nitrogens is 4. The molecule has 1 N–H and O–H groups in total. The Morgan fingerprint density at radius 1 is 0.745 bits per heavy atom. The predicted octanol–water partition coefficient (Wildman–Crippen LogP) is 7.21. The molecule has 7 rings (SSSR count). The maximum atomic E-state index is 13.2. The molecule has 0 saturated carbocycles. The van der Waals surface area contributed by atoms with Gasteiger partial charge in [0.05, 0.1) is 19.5 Å². The van der Waals surface area contributed by atoms with Gasteiger partial charge in [-0.25, -0.2) is 15.0 Å². The van der Waals surface area contributed by atoms with E-state index in [-0.39, 0.29) is 13.2 Å². The summed E-state index contributed by atoms with van der Waals surface area (Å²) in [6.07, 6.45) is 0.748. The van der Waals surface area contributed by atoms with E-state index in [2.05, 4.69) is 46.7 Å². The van der Waals surface area contributed by atoms with Gasteiger partial charge >= 0.3 is 7.60 Å². The lowest BCUT2D eigenvalue weighted by Gasteiger charge is -2.37. The van der Waals surface area contributed by atoms with Gasteiger partial charge in [0, 0.05) is 20.9 Å². The fraction of sp³-hybridized carbons (Fsp3) is 0.256. The van der Waals surface area contributed by atoms with Crippen molar-refractivity contribution in [3.63, 3.8) is 0 Å². The normalized spacial score (nSPS) is 20.3. The Morgan fingerprint density at radius 2 is 1.29 bits per heavy atom. The number of hydrogen-bond donors (Lipinski definition) is 1. The van der Waals surface area contributed by atoms with Crippen LogP contribution < -0.4 is 5.32 Å². The molecule has 0 radical (unpaired) electrons. The number of anilines is 1. The summed E-state index contributed by atoms with van der Waals surface area (Å²) in [7, 11) is -0.243. The Balaban J connectivity index is 1.20. The average Bonchev–Trinajstić information content (AvgIpc) is 3.78. The molecule has 1 saturated heterocycles. The van der Waals surface area contributed by atoms with Crippen LogP contribution in [0.4, 0.5) is 5.82 Å². The second-order valence-electron chi connectivity index (χ2n) is 12.3. The van der Waals surface area contributed by atoms with Crippen LogP contribution in [-0.2, 0) is 40.0 Å². The first-order valence-electron chi connectivity index (χ1n) is 16.7. The minimum Gasteiger partial charge on any atom is -0.376 e. The molecular weight excluding hydrogens is 665 g/mol. The van der Waals surface area contributed by atoms with Crippen molar-refractivity contribution in [2.75, 3.05) is 32.8 Å². The maximum Gasteiger partial charge on any atom is 0.328 e. The van der Waals surface area contributed by atoms with Crippen molar-refractivity contribution < 1.29 is 27.8 Å². The van der Waals surface area contributed by atoms with Gasteiger partial charge in [0.25, 0.3) is 0 Å². The third-order valence-corrected chi connectivity index (χ3v) is 10.4. The van der Waals surface area contributed by atoms with Crippen LogP contribution in [0.1, 0.15) is 28.5 Å². The van der Waals surface area contributed by atoms with E-state index in [1.165, 1.54) is 13.0 Å². The zero-order chi connectivity index (χ0) is 35.3. The van der Waals surface area contributed by atoms with E-state index in [4.69, 9.17) is 33.2 Å². The topological polar surface area (TPSA) is 119 Å². The van der Waals surface area contributed by atoms with Crippen molar-refractivity contribution in [2.24, 2.45) is 0 Å². The van der Waals surface area contributed by atoms with E-state index in [9.17, 15) is 4.57 Å². The van der Waals surface area contributed by atoms with E-state index in [0.717, 1.165) is 22.3 Å². The van der Waals surface area contributed by atoms with Crippen molar-refractivity contribution in [3.8, 4) is 0 Å². The highest BCUT2D eigenvalue weighted by Gasteiger charge is 2.48. The van der Waals surface area contributed by atoms with E-state index >= 15 is 0 Å². The van der Waals surface area contributed by atoms with Crippen LogP contribution in [0, 0.1) is 0 Å². The maximum absolute atomic E-state index is 13.2. The van der Waals surface area contributed by atoms with E-state index in [1.807, 2.05) is 89.5 Å². The van der Waals surface area contributed by atoms with Gasteiger partial charge < -0.3 is 28.6 Å². The van der Waals surface area contributed by atoms with Crippen molar-refractivity contribution in [2.45, 2.75) is 36.7 Å². The molecular formula is C39H40N5O6P. The van der Waals surface area contributed by atoms with Crippen LogP contribution in [0.15, 0.2) is 134 Å². The molecule has 0 bridgehead atoms. The number of nitrogens with one attached hydrogen (secondary N) is 1. The first-order valence-corrected chi connectivity index (χ1v) is 18.7. The van der Waals surface area contributed by atoms with Gasteiger partial charge in [0.2, 0.25) is 0 Å². The summed E-state index contributed by atoms with van der Waals surface area (Å²) in [5.74, 6) is 0.535.